The van der Waals surface area contributed by atoms with Gasteiger partial charge in [0.15, 0.2) is 0 Å². The van der Waals surface area contributed by atoms with Gasteiger partial charge in [-0.05, 0) is 60.2 Å². The van der Waals surface area contributed by atoms with Crippen molar-refractivity contribution in [3.8, 4) is 0 Å². The summed E-state index contributed by atoms with van der Waals surface area (Å²) in [6, 6.07) is 0.665. The van der Waals surface area contributed by atoms with Crippen molar-refractivity contribution in [2.24, 2.45) is 0 Å². The minimum absolute atomic E-state index is 0.0786. The number of nitrogens with zero attached hydrogens (tertiary/aromatic N) is 3. The predicted octanol–water partition coefficient (Wildman–Crippen LogP) is 0.501. The zero-order chi connectivity index (χ0) is 15.0. The summed E-state index contributed by atoms with van der Waals surface area (Å²) in [5, 5.41) is 14.6. The number of aromatic nitrogens is 2. The molecule has 1 aliphatic carbocycles. The van der Waals surface area contributed by atoms with E-state index in [1.165, 1.54) is 23.3 Å². The van der Waals surface area contributed by atoms with E-state index in [-0.39, 0.29) is 5.54 Å². The van der Waals surface area contributed by atoms with Gasteiger partial charge in [-0.15, -0.1) is 0 Å². The Morgan fingerprint density at radius 1 is 1.14 bits per heavy atom. The molecule has 0 bridgehead atoms. The molecule has 1 fully saturated rings. The average Bonchev–Trinajstić information content (AvgIpc) is 2.51. The van der Waals surface area contributed by atoms with E-state index in [2.05, 4.69) is 60.4 Å². The van der Waals surface area contributed by atoms with Crippen molar-refractivity contribution in [2.75, 3.05) is 20.1 Å². The molecule has 2 aliphatic rings. The fourth-order valence-corrected chi connectivity index (χ4v) is 3.62. The van der Waals surface area contributed by atoms with Crippen LogP contribution in [0, 0.1) is 13.8 Å². The molecule has 3 rings (SSSR count). The van der Waals surface area contributed by atoms with Crippen molar-refractivity contribution in [3.63, 3.8) is 0 Å². The van der Waals surface area contributed by atoms with Crippen LogP contribution in [0.3, 0.4) is 0 Å². The van der Waals surface area contributed by atoms with Crippen LogP contribution < -0.4 is 15.8 Å². The fraction of sp³-hybridized carbons (Fsp3) is 0.647. The third kappa shape index (κ3) is 2.62. The van der Waals surface area contributed by atoms with Gasteiger partial charge in [0, 0.05) is 22.0 Å². The molecule has 1 N–H and O–H groups in total. The summed E-state index contributed by atoms with van der Waals surface area (Å²) in [6.45, 7) is 8.73. The van der Waals surface area contributed by atoms with Crippen molar-refractivity contribution < 1.29 is 0 Å². The highest BCUT2D eigenvalue weighted by Crippen LogP contribution is 2.27. The van der Waals surface area contributed by atoms with Gasteiger partial charge in [-0.3, -0.25) is 4.90 Å². The molecule has 0 saturated carbocycles. The first-order valence-corrected chi connectivity index (χ1v) is 7.98. The van der Waals surface area contributed by atoms with Gasteiger partial charge in [0.1, 0.15) is 0 Å². The lowest BCUT2D eigenvalue weighted by Gasteiger charge is -2.44. The Kier molecular flexibility index (Phi) is 3.84. The molecule has 114 valence electrons. The third-order valence-electron chi connectivity index (χ3n) is 5.26. The zero-order valence-corrected chi connectivity index (χ0v) is 13.6. The summed E-state index contributed by atoms with van der Waals surface area (Å²) < 4.78 is 0. The van der Waals surface area contributed by atoms with Crippen LogP contribution in [-0.4, -0.2) is 46.8 Å². The molecule has 0 aromatic carbocycles. The molecule has 1 saturated heterocycles. The lowest BCUT2D eigenvalue weighted by molar-refractivity contribution is 0.116. The SMILES string of the molecule is Cc1nnc(C)c2c1=CCC(C)(N(C)C1CCNCC1)C=2. The largest absolute Gasteiger partial charge is 0.317 e. The topological polar surface area (TPSA) is 41.1 Å². The van der Waals surface area contributed by atoms with Gasteiger partial charge < -0.3 is 5.32 Å². The zero-order valence-electron chi connectivity index (χ0n) is 13.6. The molecule has 1 aliphatic heterocycles. The summed E-state index contributed by atoms with van der Waals surface area (Å²) in [4.78, 5) is 2.57. The monoisotopic (exact) mass is 286 g/mol. The highest BCUT2D eigenvalue weighted by atomic mass is 15.2. The van der Waals surface area contributed by atoms with Crippen LogP contribution in [0.4, 0.5) is 0 Å². The highest BCUT2D eigenvalue weighted by Gasteiger charge is 2.33. The second-order valence-electron chi connectivity index (χ2n) is 6.70. The Hall–Kier alpha value is -1.26. The second kappa shape index (κ2) is 5.50. The molecule has 0 spiro atoms. The van der Waals surface area contributed by atoms with Gasteiger partial charge in [0.2, 0.25) is 0 Å². The smallest absolute Gasteiger partial charge is 0.0675 e. The number of rotatable bonds is 2. The Morgan fingerprint density at radius 2 is 1.76 bits per heavy atom. The van der Waals surface area contributed by atoms with Gasteiger partial charge in [0.05, 0.1) is 11.4 Å². The summed E-state index contributed by atoms with van der Waals surface area (Å²) in [5.74, 6) is 0. The van der Waals surface area contributed by atoms with Crippen molar-refractivity contribution in [2.45, 2.75) is 51.6 Å². The average molecular weight is 286 g/mol. The van der Waals surface area contributed by atoms with Gasteiger partial charge in [0.25, 0.3) is 0 Å². The van der Waals surface area contributed by atoms with Crippen LogP contribution in [0.15, 0.2) is 0 Å². The van der Waals surface area contributed by atoms with Crippen molar-refractivity contribution in [3.05, 3.63) is 21.8 Å². The molecule has 4 nitrogen and oxygen atoms in total. The highest BCUT2D eigenvalue weighted by molar-refractivity contribution is 5.49. The van der Waals surface area contributed by atoms with Crippen LogP contribution in [0.25, 0.3) is 12.2 Å². The van der Waals surface area contributed by atoms with E-state index in [1.54, 1.807) is 0 Å². The van der Waals surface area contributed by atoms with Crippen LogP contribution in [0.1, 0.15) is 37.6 Å². The first kappa shape index (κ1) is 14.7. The van der Waals surface area contributed by atoms with Crippen LogP contribution >= 0.6 is 0 Å². The number of hydrogen-bond acceptors (Lipinski definition) is 4. The molecule has 1 aromatic rings. The lowest BCUT2D eigenvalue weighted by atomic mass is 9.86. The molecule has 0 amide bonds. The van der Waals surface area contributed by atoms with Crippen molar-refractivity contribution in [1.82, 2.24) is 20.4 Å². The van der Waals surface area contributed by atoms with E-state index in [4.69, 9.17) is 0 Å². The third-order valence-corrected chi connectivity index (χ3v) is 5.26. The van der Waals surface area contributed by atoms with Gasteiger partial charge in [-0.2, -0.15) is 10.2 Å². The molecular weight excluding hydrogens is 260 g/mol. The molecule has 1 aromatic heterocycles. The standard InChI is InChI=1S/C17H26N4/c1-12-15-5-8-17(3,11-16(15)13(2)20-19-12)21(4)14-6-9-18-10-7-14/h5,11,14,18H,6-10H2,1-4H3. The number of nitrogens with one attached hydrogen (secondary N) is 1. The molecule has 0 radical (unpaired) electrons. The minimum atomic E-state index is 0.0786. The second-order valence-corrected chi connectivity index (χ2v) is 6.70. The summed E-state index contributed by atoms with van der Waals surface area (Å²) in [6.07, 6.45) is 8.29. The van der Waals surface area contributed by atoms with E-state index in [9.17, 15) is 0 Å². The van der Waals surface area contributed by atoms with E-state index >= 15 is 0 Å². The summed E-state index contributed by atoms with van der Waals surface area (Å²) >= 11 is 0. The molecule has 1 atom stereocenters. The lowest BCUT2D eigenvalue weighted by Crippen LogP contribution is -2.54. The first-order valence-electron chi connectivity index (χ1n) is 7.98. The Labute approximate surface area is 127 Å². The van der Waals surface area contributed by atoms with Crippen LogP contribution in [-0.2, 0) is 0 Å². The van der Waals surface area contributed by atoms with E-state index < -0.39 is 0 Å². The quantitative estimate of drug-likeness (QED) is 0.860. The molecule has 4 heteroatoms. The maximum Gasteiger partial charge on any atom is 0.0675 e. The maximum atomic E-state index is 4.30. The Bertz CT molecular complexity index is 645. The molecule has 1 unspecified atom stereocenters. The van der Waals surface area contributed by atoms with Crippen molar-refractivity contribution in [1.29, 1.82) is 0 Å². The van der Waals surface area contributed by atoms with E-state index in [1.807, 2.05) is 0 Å². The van der Waals surface area contributed by atoms with Gasteiger partial charge in [-0.25, -0.2) is 0 Å². The first-order chi connectivity index (χ1) is 10.0. The normalized spacial score (nSPS) is 26.1. The fourth-order valence-electron chi connectivity index (χ4n) is 3.62. The summed E-state index contributed by atoms with van der Waals surface area (Å²) in [7, 11) is 2.28. The van der Waals surface area contributed by atoms with Gasteiger partial charge in [-0.1, -0.05) is 12.2 Å². The van der Waals surface area contributed by atoms with Crippen LogP contribution in [0.5, 0.6) is 0 Å². The number of fused-ring (bicyclic) bond motifs is 1. The summed E-state index contributed by atoms with van der Waals surface area (Å²) in [5.41, 5.74) is 2.16. The maximum absolute atomic E-state index is 4.30. The number of piperidine rings is 1. The van der Waals surface area contributed by atoms with Crippen LogP contribution in [0.2, 0.25) is 0 Å². The van der Waals surface area contributed by atoms with E-state index in [0.29, 0.717) is 6.04 Å². The van der Waals surface area contributed by atoms with E-state index in [0.717, 1.165) is 30.9 Å². The number of hydrogen-bond donors (Lipinski definition) is 1. The molecule has 21 heavy (non-hydrogen) atoms. The molecular formula is C17H26N4. The molecule has 2 heterocycles. The Morgan fingerprint density at radius 3 is 2.43 bits per heavy atom. The Balaban J connectivity index is 1.99. The minimum Gasteiger partial charge on any atom is -0.317 e. The van der Waals surface area contributed by atoms with Gasteiger partial charge >= 0.3 is 0 Å². The number of aryl methyl sites for hydroxylation is 2. The predicted molar refractivity (Wildman–Crippen MR) is 86.4 cm³/mol. The van der Waals surface area contributed by atoms with Crippen molar-refractivity contribution >= 4 is 12.2 Å².